The van der Waals surface area contributed by atoms with E-state index in [1.807, 2.05) is 0 Å². The van der Waals surface area contributed by atoms with Gasteiger partial charge in [-0.15, -0.1) is 0 Å². The molecule has 0 saturated carbocycles. The van der Waals surface area contributed by atoms with Gasteiger partial charge in [-0.2, -0.15) is 5.10 Å². The number of carbonyl (C=O) groups is 2. The van der Waals surface area contributed by atoms with Crippen molar-refractivity contribution in [2.24, 2.45) is 5.10 Å². The number of hydrogen-bond acceptors (Lipinski definition) is 8. The molecule has 0 spiro atoms. The molecule has 11 heteroatoms. The third kappa shape index (κ3) is 6.62. The Labute approximate surface area is 202 Å². The molecule has 1 N–H and O–H groups in total. The lowest BCUT2D eigenvalue weighted by molar-refractivity contribution is -0.385. The molecule has 0 aliphatic rings. The van der Waals surface area contributed by atoms with Gasteiger partial charge in [0.25, 0.3) is 5.91 Å². The van der Waals surface area contributed by atoms with E-state index >= 15 is 0 Å². The summed E-state index contributed by atoms with van der Waals surface area (Å²) in [5.74, 6) is -0.679. The van der Waals surface area contributed by atoms with Crippen LogP contribution in [0.2, 0.25) is 0 Å². The fraction of sp³-hybridized carbons (Fsp3) is 0.0870. The van der Waals surface area contributed by atoms with Crippen molar-refractivity contribution in [3.8, 4) is 17.2 Å². The zero-order chi connectivity index (χ0) is 24.5. The number of rotatable bonds is 9. The van der Waals surface area contributed by atoms with Gasteiger partial charge in [0.05, 0.1) is 23.8 Å². The van der Waals surface area contributed by atoms with Gasteiger partial charge in [-0.1, -0.05) is 34.1 Å². The summed E-state index contributed by atoms with van der Waals surface area (Å²) in [5, 5.41) is 14.8. The maximum Gasteiger partial charge on any atom is 0.343 e. The Morgan fingerprint density at radius 1 is 1.06 bits per heavy atom. The SMILES string of the molecule is COc1cc(C=NNC(=O)COc2ccccc2[N+](=O)[O-])ccc1OC(=O)c1cccc(Br)c1. The molecule has 174 valence electrons. The minimum absolute atomic E-state index is 0.0237. The Morgan fingerprint density at radius 3 is 2.59 bits per heavy atom. The Morgan fingerprint density at radius 2 is 1.85 bits per heavy atom. The molecule has 3 aromatic rings. The quantitative estimate of drug-likeness (QED) is 0.145. The number of para-hydroxylation sites is 2. The van der Waals surface area contributed by atoms with E-state index in [1.54, 1.807) is 42.5 Å². The monoisotopic (exact) mass is 527 g/mol. The maximum absolute atomic E-state index is 12.4. The lowest BCUT2D eigenvalue weighted by atomic mass is 10.2. The van der Waals surface area contributed by atoms with Crippen molar-refractivity contribution in [2.45, 2.75) is 0 Å². The number of nitro benzene ring substituents is 1. The van der Waals surface area contributed by atoms with Crippen molar-refractivity contribution >= 4 is 39.7 Å². The lowest BCUT2D eigenvalue weighted by Crippen LogP contribution is -2.24. The van der Waals surface area contributed by atoms with Crippen molar-refractivity contribution in [1.29, 1.82) is 0 Å². The molecule has 3 rings (SSSR count). The van der Waals surface area contributed by atoms with Gasteiger partial charge in [0, 0.05) is 10.5 Å². The highest BCUT2D eigenvalue weighted by Gasteiger charge is 2.15. The lowest BCUT2D eigenvalue weighted by Gasteiger charge is -2.10. The summed E-state index contributed by atoms with van der Waals surface area (Å²) in [7, 11) is 1.43. The number of methoxy groups -OCH3 is 1. The summed E-state index contributed by atoms with van der Waals surface area (Å²) >= 11 is 3.31. The fourth-order valence-corrected chi connectivity index (χ4v) is 3.11. The van der Waals surface area contributed by atoms with Crippen LogP contribution in [0.1, 0.15) is 15.9 Å². The molecule has 0 atom stereocenters. The van der Waals surface area contributed by atoms with Crippen molar-refractivity contribution < 1.29 is 28.7 Å². The summed E-state index contributed by atoms with van der Waals surface area (Å²) in [4.78, 5) is 34.7. The molecule has 0 aliphatic heterocycles. The maximum atomic E-state index is 12.4. The van der Waals surface area contributed by atoms with Gasteiger partial charge < -0.3 is 14.2 Å². The van der Waals surface area contributed by atoms with Crippen LogP contribution in [-0.2, 0) is 4.79 Å². The van der Waals surface area contributed by atoms with Gasteiger partial charge in [-0.25, -0.2) is 10.2 Å². The first-order chi connectivity index (χ1) is 16.4. The number of esters is 1. The first-order valence-electron chi connectivity index (χ1n) is 9.71. The highest BCUT2D eigenvalue weighted by atomic mass is 79.9. The Bertz CT molecular complexity index is 1250. The summed E-state index contributed by atoms with van der Waals surface area (Å²) in [6.45, 7) is -0.462. The van der Waals surface area contributed by atoms with E-state index in [1.165, 1.54) is 37.6 Å². The molecular formula is C23H18BrN3O7. The van der Waals surface area contributed by atoms with Gasteiger partial charge in [-0.05, 0) is 48.0 Å². The molecule has 0 saturated heterocycles. The summed E-state index contributed by atoms with van der Waals surface area (Å²) in [5.41, 5.74) is 2.95. The van der Waals surface area contributed by atoms with E-state index in [2.05, 4.69) is 26.5 Å². The number of halogens is 1. The van der Waals surface area contributed by atoms with Crippen LogP contribution in [0.4, 0.5) is 5.69 Å². The van der Waals surface area contributed by atoms with Crippen molar-refractivity contribution in [3.05, 3.63) is 92.4 Å². The van der Waals surface area contributed by atoms with Crippen LogP contribution in [0.25, 0.3) is 0 Å². The van der Waals surface area contributed by atoms with Gasteiger partial charge in [-0.3, -0.25) is 14.9 Å². The van der Waals surface area contributed by atoms with E-state index in [9.17, 15) is 19.7 Å². The molecular weight excluding hydrogens is 510 g/mol. The molecule has 0 radical (unpaired) electrons. The van der Waals surface area contributed by atoms with Crippen LogP contribution in [-0.4, -0.2) is 36.7 Å². The second-order valence-electron chi connectivity index (χ2n) is 6.62. The molecule has 0 heterocycles. The van der Waals surface area contributed by atoms with Crippen molar-refractivity contribution in [2.75, 3.05) is 13.7 Å². The van der Waals surface area contributed by atoms with Crippen molar-refractivity contribution in [3.63, 3.8) is 0 Å². The number of nitrogens with one attached hydrogen (secondary N) is 1. The zero-order valence-electron chi connectivity index (χ0n) is 17.8. The number of hydrogen-bond donors (Lipinski definition) is 1. The van der Waals surface area contributed by atoms with Crippen LogP contribution in [0.3, 0.4) is 0 Å². The second-order valence-corrected chi connectivity index (χ2v) is 7.53. The molecule has 0 aliphatic carbocycles. The third-order valence-corrected chi connectivity index (χ3v) is 4.77. The Hall–Kier alpha value is -4.25. The van der Waals surface area contributed by atoms with E-state index < -0.39 is 23.4 Å². The Kier molecular flexibility index (Phi) is 8.30. The Balaban J connectivity index is 1.58. The predicted octanol–water partition coefficient (Wildman–Crippen LogP) is 4.11. The molecule has 10 nitrogen and oxygen atoms in total. The topological polar surface area (TPSA) is 129 Å². The smallest absolute Gasteiger partial charge is 0.343 e. The van der Waals surface area contributed by atoms with E-state index in [0.29, 0.717) is 16.9 Å². The first kappa shape index (κ1) is 24.4. The highest BCUT2D eigenvalue weighted by Crippen LogP contribution is 2.29. The van der Waals surface area contributed by atoms with E-state index in [4.69, 9.17) is 14.2 Å². The zero-order valence-corrected chi connectivity index (χ0v) is 19.4. The van der Waals surface area contributed by atoms with E-state index in [0.717, 1.165) is 4.47 Å². The highest BCUT2D eigenvalue weighted by molar-refractivity contribution is 9.10. The number of ether oxygens (including phenoxy) is 3. The average Bonchev–Trinajstić information content (AvgIpc) is 2.83. The number of hydrazone groups is 1. The third-order valence-electron chi connectivity index (χ3n) is 4.27. The van der Waals surface area contributed by atoms with Crippen LogP contribution < -0.4 is 19.6 Å². The van der Waals surface area contributed by atoms with Crippen LogP contribution in [0, 0.1) is 10.1 Å². The summed E-state index contributed by atoms with van der Waals surface area (Å²) in [6, 6.07) is 17.2. The molecule has 1 amide bonds. The summed E-state index contributed by atoms with van der Waals surface area (Å²) in [6.07, 6.45) is 1.35. The van der Waals surface area contributed by atoms with Gasteiger partial charge in [0.15, 0.2) is 23.9 Å². The largest absolute Gasteiger partial charge is 0.493 e. The number of benzene rings is 3. The molecule has 0 fully saturated rings. The molecule has 0 unspecified atom stereocenters. The van der Waals surface area contributed by atoms with Crippen molar-refractivity contribution in [1.82, 2.24) is 5.43 Å². The fourth-order valence-electron chi connectivity index (χ4n) is 2.71. The molecule has 34 heavy (non-hydrogen) atoms. The van der Waals surface area contributed by atoms with Crippen LogP contribution in [0.5, 0.6) is 17.2 Å². The first-order valence-corrected chi connectivity index (χ1v) is 10.5. The number of nitrogens with zero attached hydrogens (tertiary/aromatic N) is 2. The minimum Gasteiger partial charge on any atom is -0.493 e. The van der Waals surface area contributed by atoms with Crippen LogP contribution >= 0.6 is 15.9 Å². The summed E-state index contributed by atoms with van der Waals surface area (Å²) < 4.78 is 16.6. The number of carbonyl (C=O) groups excluding carboxylic acids is 2. The minimum atomic E-state index is -0.610. The van der Waals surface area contributed by atoms with E-state index in [-0.39, 0.29) is 17.2 Å². The van der Waals surface area contributed by atoms with Gasteiger partial charge in [0.1, 0.15) is 0 Å². The van der Waals surface area contributed by atoms with Gasteiger partial charge in [0.2, 0.25) is 0 Å². The normalized spacial score (nSPS) is 10.5. The molecule has 3 aromatic carbocycles. The average molecular weight is 528 g/mol. The number of nitro groups is 1. The molecule has 0 aromatic heterocycles. The van der Waals surface area contributed by atoms with Crippen LogP contribution in [0.15, 0.2) is 76.3 Å². The van der Waals surface area contributed by atoms with Gasteiger partial charge >= 0.3 is 11.7 Å². The molecule has 0 bridgehead atoms. The number of amides is 1. The predicted molar refractivity (Wildman–Crippen MR) is 126 cm³/mol. The standard InChI is InChI=1S/C23H18BrN3O7/c1-32-21-11-15(9-10-20(21)34-23(29)16-5-4-6-17(24)12-16)13-25-26-22(28)14-33-19-8-3-2-7-18(19)27(30)31/h2-13H,14H2,1H3,(H,26,28). The second kappa shape index (κ2) is 11.6.